The molecule has 0 N–H and O–H groups in total. The van der Waals surface area contributed by atoms with Crippen LogP contribution in [0.3, 0.4) is 0 Å². The van der Waals surface area contributed by atoms with Crippen molar-refractivity contribution in [2.24, 2.45) is 0 Å². The Kier molecular flexibility index (Phi) is 10.5. The predicted octanol–water partition coefficient (Wildman–Crippen LogP) is 3.70. The van der Waals surface area contributed by atoms with Crippen molar-refractivity contribution in [1.82, 2.24) is 9.80 Å². The lowest BCUT2D eigenvalue weighted by Crippen LogP contribution is -2.33. The van der Waals surface area contributed by atoms with Gasteiger partial charge in [0.2, 0.25) is 0 Å². The van der Waals surface area contributed by atoms with Crippen molar-refractivity contribution in [2.45, 2.75) is 51.4 Å². The second-order valence-corrected chi connectivity index (χ2v) is 6.43. The van der Waals surface area contributed by atoms with Crippen molar-refractivity contribution in [1.29, 1.82) is 0 Å². The standard InChI is InChI=1S/C15H30N2OS2/c18-15-16(9-5-1-3-7-13-19)11-12-17(15)10-6-2-4-8-14-20/h19-20H,1-14H2. The van der Waals surface area contributed by atoms with Gasteiger partial charge in [-0.05, 0) is 37.2 Å². The Balaban J connectivity index is 2.06. The van der Waals surface area contributed by atoms with Crippen LogP contribution in [0.1, 0.15) is 51.4 Å². The lowest BCUT2D eigenvalue weighted by Gasteiger charge is -2.18. The molecule has 3 nitrogen and oxygen atoms in total. The first-order valence-electron chi connectivity index (χ1n) is 8.05. The highest BCUT2D eigenvalue weighted by molar-refractivity contribution is 7.80. The first-order valence-corrected chi connectivity index (χ1v) is 9.31. The van der Waals surface area contributed by atoms with E-state index in [-0.39, 0.29) is 6.03 Å². The normalized spacial score (nSPS) is 15.4. The van der Waals surface area contributed by atoms with Gasteiger partial charge >= 0.3 is 6.03 Å². The molecule has 5 heteroatoms. The van der Waals surface area contributed by atoms with Gasteiger partial charge < -0.3 is 9.80 Å². The van der Waals surface area contributed by atoms with E-state index in [4.69, 9.17) is 0 Å². The number of unbranched alkanes of at least 4 members (excludes halogenated alkanes) is 6. The first-order chi connectivity index (χ1) is 9.79. The highest BCUT2D eigenvalue weighted by Gasteiger charge is 2.26. The molecule has 0 radical (unpaired) electrons. The van der Waals surface area contributed by atoms with Gasteiger partial charge in [0.1, 0.15) is 0 Å². The predicted molar refractivity (Wildman–Crippen MR) is 93.2 cm³/mol. The smallest absolute Gasteiger partial charge is 0.320 e. The molecule has 1 saturated heterocycles. The Morgan fingerprint density at radius 2 is 1.10 bits per heavy atom. The maximum atomic E-state index is 12.2. The lowest BCUT2D eigenvalue weighted by molar-refractivity contribution is 0.190. The zero-order valence-electron chi connectivity index (χ0n) is 12.6. The molecule has 0 atom stereocenters. The molecule has 1 rings (SSSR count). The summed E-state index contributed by atoms with van der Waals surface area (Å²) in [5.74, 6) is 1.95. The van der Waals surface area contributed by atoms with E-state index in [0.29, 0.717) is 0 Å². The maximum absolute atomic E-state index is 12.2. The van der Waals surface area contributed by atoms with Gasteiger partial charge in [0, 0.05) is 26.2 Å². The van der Waals surface area contributed by atoms with Crippen molar-refractivity contribution in [3.63, 3.8) is 0 Å². The molecule has 1 fully saturated rings. The SMILES string of the molecule is O=C1N(CCCCCCS)CCN1CCCCCCS. The topological polar surface area (TPSA) is 23.6 Å². The van der Waals surface area contributed by atoms with Crippen molar-refractivity contribution in [3.8, 4) is 0 Å². The van der Waals surface area contributed by atoms with Crippen LogP contribution >= 0.6 is 25.3 Å². The molecule has 0 aliphatic carbocycles. The van der Waals surface area contributed by atoms with Gasteiger partial charge in [-0.1, -0.05) is 25.7 Å². The highest BCUT2D eigenvalue weighted by atomic mass is 32.1. The second kappa shape index (κ2) is 11.6. The largest absolute Gasteiger partial charge is 0.323 e. The van der Waals surface area contributed by atoms with Gasteiger partial charge in [0.25, 0.3) is 0 Å². The van der Waals surface area contributed by atoms with Gasteiger partial charge in [-0.2, -0.15) is 25.3 Å². The van der Waals surface area contributed by atoms with E-state index in [1.807, 2.05) is 9.80 Å². The summed E-state index contributed by atoms with van der Waals surface area (Å²) in [6.07, 6.45) is 9.55. The molecular weight excluding hydrogens is 288 g/mol. The number of amides is 2. The van der Waals surface area contributed by atoms with Gasteiger partial charge in [0.15, 0.2) is 0 Å². The fourth-order valence-electron chi connectivity index (χ4n) is 2.58. The average Bonchev–Trinajstić information content (AvgIpc) is 2.80. The Bertz CT molecular complexity index is 240. The Labute approximate surface area is 135 Å². The van der Waals surface area contributed by atoms with Crippen molar-refractivity contribution in [2.75, 3.05) is 37.7 Å². The third-order valence-corrected chi connectivity index (χ3v) is 4.49. The number of hydrogen-bond donors (Lipinski definition) is 2. The molecule has 20 heavy (non-hydrogen) atoms. The van der Waals surface area contributed by atoms with Crippen LogP contribution < -0.4 is 0 Å². The summed E-state index contributed by atoms with van der Waals surface area (Å²) in [5.41, 5.74) is 0. The molecule has 1 aliphatic rings. The Morgan fingerprint density at radius 1 is 0.700 bits per heavy atom. The molecule has 2 amide bonds. The number of carbonyl (C=O) groups excluding carboxylic acids is 1. The number of hydrogen-bond acceptors (Lipinski definition) is 3. The van der Waals surface area contributed by atoms with E-state index in [1.54, 1.807) is 0 Å². The van der Waals surface area contributed by atoms with Gasteiger partial charge in [0.05, 0.1) is 0 Å². The number of nitrogens with zero attached hydrogens (tertiary/aromatic N) is 2. The molecule has 1 aliphatic heterocycles. The van der Waals surface area contributed by atoms with E-state index in [1.165, 1.54) is 38.5 Å². The minimum Gasteiger partial charge on any atom is -0.323 e. The van der Waals surface area contributed by atoms with Gasteiger partial charge in [-0.15, -0.1) is 0 Å². The molecule has 1 heterocycles. The van der Waals surface area contributed by atoms with Gasteiger partial charge in [-0.25, -0.2) is 4.79 Å². The van der Waals surface area contributed by atoms with E-state index in [9.17, 15) is 4.79 Å². The van der Waals surface area contributed by atoms with Crippen LogP contribution in [-0.4, -0.2) is 53.5 Å². The van der Waals surface area contributed by atoms with E-state index in [2.05, 4.69) is 25.3 Å². The highest BCUT2D eigenvalue weighted by Crippen LogP contribution is 2.13. The van der Waals surface area contributed by atoms with Crippen molar-refractivity contribution >= 4 is 31.3 Å². The average molecular weight is 319 g/mol. The Hall–Kier alpha value is -0.0300. The van der Waals surface area contributed by atoms with E-state index < -0.39 is 0 Å². The minimum atomic E-state index is 0.258. The molecule has 0 aromatic heterocycles. The molecule has 0 aromatic carbocycles. The molecule has 0 saturated carbocycles. The van der Waals surface area contributed by atoms with Gasteiger partial charge in [-0.3, -0.25) is 0 Å². The summed E-state index contributed by atoms with van der Waals surface area (Å²) in [6.45, 7) is 3.70. The van der Waals surface area contributed by atoms with E-state index in [0.717, 1.165) is 50.5 Å². The number of urea groups is 1. The third kappa shape index (κ3) is 7.11. The zero-order valence-corrected chi connectivity index (χ0v) is 14.4. The number of carbonyl (C=O) groups is 1. The van der Waals surface area contributed by atoms with Crippen molar-refractivity contribution < 1.29 is 4.79 Å². The summed E-state index contributed by atoms with van der Waals surface area (Å²) < 4.78 is 0. The fourth-order valence-corrected chi connectivity index (χ4v) is 3.03. The minimum absolute atomic E-state index is 0.258. The molecule has 0 spiro atoms. The molecule has 0 unspecified atom stereocenters. The maximum Gasteiger partial charge on any atom is 0.320 e. The molecule has 118 valence electrons. The summed E-state index contributed by atoms with van der Waals surface area (Å²) in [6, 6.07) is 0.258. The Morgan fingerprint density at radius 3 is 1.50 bits per heavy atom. The molecule has 0 aromatic rings. The summed E-state index contributed by atoms with van der Waals surface area (Å²) >= 11 is 8.43. The van der Waals surface area contributed by atoms with Crippen LogP contribution in [0.5, 0.6) is 0 Å². The monoisotopic (exact) mass is 318 g/mol. The zero-order chi connectivity index (χ0) is 14.6. The summed E-state index contributed by atoms with van der Waals surface area (Å²) in [5, 5.41) is 0. The summed E-state index contributed by atoms with van der Waals surface area (Å²) in [4.78, 5) is 16.2. The van der Waals surface area contributed by atoms with Crippen LogP contribution in [0.2, 0.25) is 0 Å². The van der Waals surface area contributed by atoms with Crippen molar-refractivity contribution in [3.05, 3.63) is 0 Å². The molecular formula is C15H30N2OS2. The quantitative estimate of drug-likeness (QED) is 0.416. The lowest BCUT2D eigenvalue weighted by atomic mass is 10.2. The molecule has 0 bridgehead atoms. The van der Waals surface area contributed by atoms with Crippen LogP contribution in [0.4, 0.5) is 4.79 Å². The van der Waals surface area contributed by atoms with E-state index >= 15 is 0 Å². The van der Waals surface area contributed by atoms with Crippen LogP contribution in [-0.2, 0) is 0 Å². The van der Waals surface area contributed by atoms with Crippen LogP contribution in [0, 0.1) is 0 Å². The number of rotatable bonds is 12. The number of thiol groups is 2. The fraction of sp³-hybridized carbons (Fsp3) is 0.933. The first kappa shape index (κ1) is 18.0. The van der Waals surface area contributed by atoms with Crippen LogP contribution in [0.25, 0.3) is 0 Å². The van der Waals surface area contributed by atoms with Crippen LogP contribution in [0.15, 0.2) is 0 Å². The summed E-state index contributed by atoms with van der Waals surface area (Å²) in [7, 11) is 0. The second-order valence-electron chi connectivity index (χ2n) is 5.53. The third-order valence-electron chi connectivity index (χ3n) is 3.85.